The molecule has 2 rings (SSSR count). The van der Waals surface area contributed by atoms with E-state index in [-0.39, 0.29) is 11.9 Å². The number of carboxylic acid groups (broad SMARTS) is 1. The summed E-state index contributed by atoms with van der Waals surface area (Å²) < 4.78 is 0. The van der Waals surface area contributed by atoms with E-state index in [1.165, 1.54) is 0 Å². The number of amides is 2. The first kappa shape index (κ1) is 13.2. The van der Waals surface area contributed by atoms with Gasteiger partial charge in [-0.25, -0.2) is 9.59 Å². The molecule has 5 nitrogen and oxygen atoms in total. The third kappa shape index (κ3) is 2.06. The minimum absolute atomic E-state index is 0.109. The largest absolute Gasteiger partial charge is 0.480 e. The lowest BCUT2D eigenvalue weighted by atomic mass is 9.94. The maximum absolute atomic E-state index is 12.3. The summed E-state index contributed by atoms with van der Waals surface area (Å²) in [5, 5.41) is 9.39. The molecule has 0 aromatic heterocycles. The van der Waals surface area contributed by atoms with Crippen molar-refractivity contribution in [3.8, 4) is 0 Å². The third-order valence-corrected chi connectivity index (χ3v) is 4.42. The molecule has 5 heteroatoms. The molecule has 102 valence electrons. The Morgan fingerprint density at radius 1 is 1.28 bits per heavy atom. The highest BCUT2D eigenvalue weighted by atomic mass is 16.4. The van der Waals surface area contributed by atoms with Crippen molar-refractivity contribution in [2.45, 2.75) is 39.2 Å². The number of carboxylic acids is 1. The van der Waals surface area contributed by atoms with Gasteiger partial charge in [0, 0.05) is 19.6 Å². The van der Waals surface area contributed by atoms with E-state index < -0.39 is 12.0 Å². The first-order chi connectivity index (χ1) is 8.60. The molecule has 2 fully saturated rings. The predicted molar refractivity (Wildman–Crippen MR) is 67.3 cm³/mol. The van der Waals surface area contributed by atoms with Gasteiger partial charge in [-0.15, -0.1) is 0 Å². The molecule has 2 amide bonds. The number of hydrogen-bond donors (Lipinski definition) is 1. The Hall–Kier alpha value is -1.26. The van der Waals surface area contributed by atoms with Gasteiger partial charge in [-0.3, -0.25) is 0 Å². The zero-order valence-electron chi connectivity index (χ0n) is 11.1. The van der Waals surface area contributed by atoms with Crippen LogP contribution in [-0.4, -0.2) is 52.6 Å². The van der Waals surface area contributed by atoms with E-state index in [1.54, 1.807) is 9.80 Å². The monoisotopic (exact) mass is 254 g/mol. The van der Waals surface area contributed by atoms with Crippen molar-refractivity contribution in [3.05, 3.63) is 0 Å². The molecule has 1 saturated carbocycles. The van der Waals surface area contributed by atoms with Gasteiger partial charge in [0.2, 0.25) is 0 Å². The molecule has 0 aromatic carbocycles. The van der Waals surface area contributed by atoms with Crippen LogP contribution in [0.3, 0.4) is 0 Å². The third-order valence-electron chi connectivity index (χ3n) is 4.42. The fourth-order valence-electron chi connectivity index (χ4n) is 3.49. The van der Waals surface area contributed by atoms with Crippen LogP contribution in [0.4, 0.5) is 4.79 Å². The number of hydrogen-bond acceptors (Lipinski definition) is 2. The summed E-state index contributed by atoms with van der Waals surface area (Å²) in [5.41, 5.74) is 0. The number of carbonyl (C=O) groups is 2. The summed E-state index contributed by atoms with van der Waals surface area (Å²) in [4.78, 5) is 27.1. The number of likely N-dealkylation sites (tertiary alicyclic amines) is 1. The van der Waals surface area contributed by atoms with E-state index in [1.807, 2.05) is 13.8 Å². The van der Waals surface area contributed by atoms with Crippen LogP contribution in [0.15, 0.2) is 0 Å². The fraction of sp³-hybridized carbons (Fsp3) is 0.846. The second kappa shape index (κ2) is 5.16. The summed E-state index contributed by atoms with van der Waals surface area (Å²) in [6.07, 6.45) is 3.12. The smallest absolute Gasteiger partial charge is 0.326 e. The van der Waals surface area contributed by atoms with E-state index in [9.17, 15) is 14.7 Å². The molecule has 0 radical (unpaired) electrons. The summed E-state index contributed by atoms with van der Waals surface area (Å²) >= 11 is 0. The number of urea groups is 1. The molecule has 0 spiro atoms. The van der Waals surface area contributed by atoms with Crippen LogP contribution in [0.1, 0.15) is 33.1 Å². The minimum atomic E-state index is -0.843. The van der Waals surface area contributed by atoms with Crippen LogP contribution in [0.2, 0.25) is 0 Å². The minimum Gasteiger partial charge on any atom is -0.480 e. The quantitative estimate of drug-likeness (QED) is 0.832. The topological polar surface area (TPSA) is 60.9 Å². The molecule has 3 unspecified atom stereocenters. The first-order valence-corrected chi connectivity index (χ1v) is 6.88. The van der Waals surface area contributed by atoms with E-state index in [4.69, 9.17) is 0 Å². The second-order valence-electron chi connectivity index (χ2n) is 5.25. The number of carbonyl (C=O) groups excluding carboxylic acids is 1. The molecule has 1 saturated heterocycles. The standard InChI is InChI=1S/C13H22N2O3/c1-3-14(4-2)13(18)15-8-9-6-5-7-10(9)11(15)12(16)17/h9-11H,3-8H2,1-2H3,(H,16,17). The Balaban J connectivity index is 2.17. The maximum atomic E-state index is 12.3. The van der Waals surface area contributed by atoms with Gasteiger partial charge >= 0.3 is 12.0 Å². The predicted octanol–water partition coefficient (Wildman–Crippen LogP) is 1.63. The highest BCUT2D eigenvalue weighted by molar-refractivity contribution is 5.84. The van der Waals surface area contributed by atoms with E-state index in [0.717, 1.165) is 19.3 Å². The zero-order valence-corrected chi connectivity index (χ0v) is 11.1. The molecule has 1 aliphatic carbocycles. The lowest BCUT2D eigenvalue weighted by molar-refractivity contribution is -0.142. The molecule has 3 atom stereocenters. The van der Waals surface area contributed by atoms with Crippen molar-refractivity contribution in [1.29, 1.82) is 0 Å². The summed E-state index contributed by atoms with van der Waals surface area (Å²) in [5.74, 6) is -0.280. The van der Waals surface area contributed by atoms with Crippen LogP contribution in [0, 0.1) is 11.8 Å². The second-order valence-corrected chi connectivity index (χ2v) is 5.25. The Kier molecular flexibility index (Phi) is 3.78. The average Bonchev–Trinajstić information content (AvgIpc) is 2.88. The lowest BCUT2D eigenvalue weighted by Gasteiger charge is -2.30. The highest BCUT2D eigenvalue weighted by Crippen LogP contribution is 2.42. The lowest BCUT2D eigenvalue weighted by Crippen LogP contribution is -2.49. The Morgan fingerprint density at radius 3 is 2.50 bits per heavy atom. The van der Waals surface area contributed by atoms with E-state index in [0.29, 0.717) is 25.6 Å². The summed E-state index contributed by atoms with van der Waals surface area (Å²) in [6.45, 7) is 5.74. The van der Waals surface area contributed by atoms with Crippen molar-refractivity contribution in [3.63, 3.8) is 0 Å². The number of rotatable bonds is 3. The zero-order chi connectivity index (χ0) is 13.3. The van der Waals surface area contributed by atoms with Gasteiger partial charge < -0.3 is 14.9 Å². The molecule has 2 aliphatic rings. The van der Waals surface area contributed by atoms with Crippen molar-refractivity contribution >= 4 is 12.0 Å². The molecule has 18 heavy (non-hydrogen) atoms. The number of nitrogens with zero attached hydrogens (tertiary/aromatic N) is 2. The summed E-state index contributed by atoms with van der Waals surface area (Å²) in [6, 6.07) is -0.715. The molecular weight excluding hydrogens is 232 g/mol. The van der Waals surface area contributed by atoms with Crippen LogP contribution < -0.4 is 0 Å². The van der Waals surface area contributed by atoms with Crippen LogP contribution >= 0.6 is 0 Å². The van der Waals surface area contributed by atoms with Gasteiger partial charge in [-0.05, 0) is 38.5 Å². The van der Waals surface area contributed by atoms with Crippen LogP contribution in [-0.2, 0) is 4.79 Å². The van der Waals surface area contributed by atoms with Gasteiger partial charge in [0.1, 0.15) is 6.04 Å². The molecule has 1 N–H and O–H groups in total. The van der Waals surface area contributed by atoms with Gasteiger partial charge in [-0.2, -0.15) is 0 Å². The van der Waals surface area contributed by atoms with Crippen LogP contribution in [0.5, 0.6) is 0 Å². The Labute approximate surface area is 108 Å². The van der Waals surface area contributed by atoms with Crippen molar-refractivity contribution in [2.75, 3.05) is 19.6 Å². The van der Waals surface area contributed by atoms with Gasteiger partial charge in [0.25, 0.3) is 0 Å². The summed E-state index contributed by atoms with van der Waals surface area (Å²) in [7, 11) is 0. The maximum Gasteiger partial charge on any atom is 0.326 e. The van der Waals surface area contributed by atoms with Crippen LogP contribution in [0.25, 0.3) is 0 Å². The SMILES string of the molecule is CCN(CC)C(=O)N1CC2CCCC2C1C(=O)O. The van der Waals surface area contributed by atoms with Gasteiger partial charge in [-0.1, -0.05) is 6.42 Å². The van der Waals surface area contributed by atoms with E-state index >= 15 is 0 Å². The number of fused-ring (bicyclic) bond motifs is 1. The Morgan fingerprint density at radius 2 is 1.94 bits per heavy atom. The highest BCUT2D eigenvalue weighted by Gasteiger charge is 2.50. The fourth-order valence-corrected chi connectivity index (χ4v) is 3.49. The van der Waals surface area contributed by atoms with Crippen molar-refractivity contribution in [2.24, 2.45) is 11.8 Å². The molecular formula is C13H22N2O3. The van der Waals surface area contributed by atoms with E-state index in [2.05, 4.69) is 0 Å². The Bertz CT molecular complexity index is 341. The molecule has 1 aliphatic heterocycles. The van der Waals surface area contributed by atoms with Crippen molar-refractivity contribution < 1.29 is 14.7 Å². The first-order valence-electron chi connectivity index (χ1n) is 6.88. The van der Waals surface area contributed by atoms with Gasteiger partial charge in [0.05, 0.1) is 0 Å². The normalized spacial score (nSPS) is 30.3. The molecule has 0 aromatic rings. The molecule has 0 bridgehead atoms. The average molecular weight is 254 g/mol. The van der Waals surface area contributed by atoms with Gasteiger partial charge in [0.15, 0.2) is 0 Å². The number of aliphatic carboxylic acids is 1. The van der Waals surface area contributed by atoms with Crippen molar-refractivity contribution in [1.82, 2.24) is 9.80 Å². The molecule has 1 heterocycles.